The molecule has 0 bridgehead atoms. The highest BCUT2D eigenvalue weighted by atomic mass is 27.1. The molecule has 0 saturated heterocycles. The minimum absolute atomic E-state index is 0.755. The molecule has 0 aromatic carbocycles. The second-order valence-corrected chi connectivity index (χ2v) is 6.89. The number of nitrogens with one attached hydrogen (secondary N) is 1. The zero-order valence-corrected chi connectivity index (χ0v) is 13.0. The van der Waals surface area contributed by atoms with Gasteiger partial charge in [0.15, 0.2) is 0 Å². The lowest BCUT2D eigenvalue weighted by Gasteiger charge is -2.03. The summed E-state index contributed by atoms with van der Waals surface area (Å²) in [5.41, 5.74) is 2.47. The van der Waals surface area contributed by atoms with Gasteiger partial charge in [-0.2, -0.15) is 0 Å². The van der Waals surface area contributed by atoms with Crippen molar-refractivity contribution in [3.63, 3.8) is 0 Å². The normalized spacial score (nSPS) is 10.2. The smallest absolute Gasteiger partial charge is 0.200 e. The molecule has 0 aliphatic rings. The van der Waals surface area contributed by atoms with Crippen LogP contribution >= 0.6 is 0 Å². The minimum atomic E-state index is 0.755. The molecule has 0 spiro atoms. The summed E-state index contributed by atoms with van der Waals surface area (Å²) in [4.78, 5) is 3.14. The van der Waals surface area contributed by atoms with Gasteiger partial charge in [-0.05, 0) is 26.0 Å². The van der Waals surface area contributed by atoms with E-state index in [1.165, 1.54) is 22.0 Å². The molecule has 0 fully saturated rings. The molecule has 1 heterocycles. The summed E-state index contributed by atoms with van der Waals surface area (Å²) in [6.45, 7) is 13.3. The van der Waals surface area contributed by atoms with Crippen molar-refractivity contribution >= 4 is 15.2 Å². The molecule has 0 atom stereocenters. The van der Waals surface area contributed by atoms with Crippen LogP contribution in [0.15, 0.2) is 12.1 Å². The molecular weight excluding hydrogens is 209 g/mol. The summed E-state index contributed by atoms with van der Waals surface area (Å²) in [6, 6.07) is 4.13. The van der Waals surface area contributed by atoms with Gasteiger partial charge in [0.2, 0.25) is 15.2 Å². The Kier molecular flexibility index (Phi) is 8.80. The summed E-state index contributed by atoms with van der Waals surface area (Å²) < 4.78 is 0. The van der Waals surface area contributed by atoms with Gasteiger partial charge in [0.05, 0.1) is 0 Å². The number of rotatable bonds is 4. The zero-order chi connectivity index (χ0) is 12.6. The second kappa shape index (κ2) is 8.91. The summed E-state index contributed by atoms with van der Waals surface area (Å²) in [5, 5.41) is 2.97. The van der Waals surface area contributed by atoms with Gasteiger partial charge in [0, 0.05) is 11.4 Å². The predicted octanol–water partition coefficient (Wildman–Crippen LogP) is 4.47. The fourth-order valence-electron chi connectivity index (χ4n) is 1.41. The number of aryl methyl sites for hydroxylation is 2. The molecule has 0 unspecified atom stereocenters. The van der Waals surface area contributed by atoms with Crippen molar-refractivity contribution in [2.75, 3.05) is 0 Å². The minimum Gasteiger partial charge on any atom is -0.363 e. The molecule has 1 N–H and O–H groups in total. The van der Waals surface area contributed by atoms with E-state index in [1.54, 1.807) is 0 Å². The molecule has 0 amide bonds. The summed E-state index contributed by atoms with van der Waals surface area (Å²) in [6.07, 6.45) is 0. The first-order chi connectivity index (χ1) is 7.41. The van der Waals surface area contributed by atoms with Gasteiger partial charge in [-0.1, -0.05) is 39.5 Å². The van der Waals surface area contributed by atoms with E-state index in [0.717, 1.165) is 27.1 Å². The van der Waals surface area contributed by atoms with Crippen molar-refractivity contribution in [2.24, 2.45) is 11.8 Å². The van der Waals surface area contributed by atoms with E-state index in [-0.39, 0.29) is 0 Å². The number of aromatic nitrogens is 1. The van der Waals surface area contributed by atoms with Crippen molar-refractivity contribution < 1.29 is 0 Å². The Bertz CT molecular complexity index is 239. The Hall–Kier alpha value is -0.188. The maximum atomic E-state index is 3.14. The van der Waals surface area contributed by atoms with E-state index in [4.69, 9.17) is 0 Å². The predicted molar refractivity (Wildman–Crippen MR) is 75.3 cm³/mol. The van der Waals surface area contributed by atoms with E-state index in [2.05, 4.69) is 44.8 Å². The molecule has 91 valence electrons. The average molecular weight is 236 g/mol. The quantitative estimate of drug-likeness (QED) is 0.742. The lowest BCUT2D eigenvalue weighted by atomic mass is 10.3. The Morgan fingerprint density at radius 3 is 1.50 bits per heavy atom. The fourth-order valence-corrected chi connectivity index (χ4v) is 2.93. The first-order valence-corrected chi connectivity index (χ1v) is 7.99. The molecule has 1 aromatic rings. The van der Waals surface area contributed by atoms with Crippen LogP contribution in [-0.2, 0) is 0 Å². The van der Waals surface area contributed by atoms with Crippen LogP contribution in [0.25, 0.3) is 0 Å². The third-order valence-electron chi connectivity index (χ3n) is 2.25. The van der Waals surface area contributed by atoms with Crippen molar-refractivity contribution in [3.8, 4) is 0 Å². The first kappa shape index (κ1) is 15.8. The van der Waals surface area contributed by atoms with Crippen molar-refractivity contribution in [1.29, 1.82) is 0 Å². The summed E-state index contributed by atoms with van der Waals surface area (Å²) >= 11 is 0.755. The zero-order valence-electron chi connectivity index (χ0n) is 11.8. The van der Waals surface area contributed by atoms with Crippen molar-refractivity contribution in [3.05, 3.63) is 23.5 Å². The molecule has 16 heavy (non-hydrogen) atoms. The molecule has 1 rings (SSSR count). The number of H-pyrrole nitrogens is 1. The highest BCUT2D eigenvalue weighted by Gasteiger charge is 1.98. The molecule has 0 saturated carbocycles. The summed E-state index contributed by atoms with van der Waals surface area (Å²) in [7, 11) is 0. The molecule has 1 nitrogen and oxygen atoms in total. The Morgan fingerprint density at radius 2 is 1.31 bits per heavy atom. The molecule has 2 heteroatoms. The molecule has 0 aliphatic carbocycles. The highest BCUT2D eigenvalue weighted by Crippen LogP contribution is 2.05. The lowest BCUT2D eigenvalue weighted by molar-refractivity contribution is 0.700. The SMILES string of the molecule is CC(C)[CH2][Al][CH2]C(C)C.Cc1ccc(C)[nH]1. The standard InChI is InChI=1S/C6H9N.2C4H9.Al/c1-5-3-4-6(2)7-5;2*1-4(2)3;/h3-4,7H,1-2H3;2*4H,1H2,2-3H3;. The van der Waals surface area contributed by atoms with Crippen LogP contribution in [0.3, 0.4) is 0 Å². The highest BCUT2D eigenvalue weighted by molar-refractivity contribution is 6.35. The van der Waals surface area contributed by atoms with Crippen LogP contribution in [0, 0.1) is 25.7 Å². The van der Waals surface area contributed by atoms with E-state index in [9.17, 15) is 0 Å². The molecule has 1 aromatic heterocycles. The van der Waals surface area contributed by atoms with E-state index in [0.29, 0.717) is 0 Å². The number of aromatic amines is 1. The van der Waals surface area contributed by atoms with Crippen molar-refractivity contribution in [2.45, 2.75) is 52.1 Å². The van der Waals surface area contributed by atoms with Gasteiger partial charge in [-0.15, -0.1) is 10.6 Å². The average Bonchev–Trinajstić information content (AvgIpc) is 2.49. The number of hydrogen-bond acceptors (Lipinski definition) is 0. The molecule has 1 radical (unpaired) electrons. The van der Waals surface area contributed by atoms with Crippen LogP contribution in [0.5, 0.6) is 0 Å². The van der Waals surface area contributed by atoms with E-state index in [1.807, 2.05) is 13.8 Å². The van der Waals surface area contributed by atoms with Crippen LogP contribution in [0.2, 0.25) is 10.6 Å². The van der Waals surface area contributed by atoms with Gasteiger partial charge < -0.3 is 4.98 Å². The van der Waals surface area contributed by atoms with E-state index < -0.39 is 0 Å². The van der Waals surface area contributed by atoms with Crippen LogP contribution < -0.4 is 0 Å². The largest absolute Gasteiger partial charge is 0.363 e. The second-order valence-electron chi connectivity index (χ2n) is 5.37. The number of hydrogen-bond donors (Lipinski definition) is 1. The molecular formula is C14H27AlN. The molecule has 0 aliphatic heterocycles. The van der Waals surface area contributed by atoms with Gasteiger partial charge in [0.25, 0.3) is 0 Å². The van der Waals surface area contributed by atoms with Gasteiger partial charge in [-0.3, -0.25) is 0 Å². The van der Waals surface area contributed by atoms with Crippen molar-refractivity contribution in [1.82, 2.24) is 4.98 Å². The maximum absolute atomic E-state index is 3.14. The van der Waals surface area contributed by atoms with Crippen LogP contribution in [-0.4, -0.2) is 20.2 Å². The first-order valence-electron chi connectivity index (χ1n) is 6.35. The summed E-state index contributed by atoms with van der Waals surface area (Å²) in [5.74, 6) is 1.86. The Labute approximate surface area is 108 Å². The Morgan fingerprint density at radius 1 is 0.938 bits per heavy atom. The Balaban J connectivity index is 0.000000288. The van der Waals surface area contributed by atoms with Gasteiger partial charge in [-0.25, -0.2) is 0 Å². The van der Waals surface area contributed by atoms with Gasteiger partial charge >= 0.3 is 0 Å². The third kappa shape index (κ3) is 10.3. The topological polar surface area (TPSA) is 15.8 Å². The monoisotopic (exact) mass is 236 g/mol. The van der Waals surface area contributed by atoms with Crippen LogP contribution in [0.1, 0.15) is 39.1 Å². The third-order valence-corrected chi connectivity index (χ3v) is 4.81. The van der Waals surface area contributed by atoms with E-state index >= 15 is 0 Å². The van der Waals surface area contributed by atoms with Crippen LogP contribution in [0.4, 0.5) is 0 Å². The fraction of sp³-hybridized carbons (Fsp3) is 0.714. The van der Waals surface area contributed by atoms with Gasteiger partial charge in [0.1, 0.15) is 0 Å². The maximum Gasteiger partial charge on any atom is 0.200 e. The lowest BCUT2D eigenvalue weighted by Crippen LogP contribution is -1.99.